The van der Waals surface area contributed by atoms with Crippen LogP contribution in [-0.4, -0.2) is 17.2 Å². The smallest absolute Gasteiger partial charge is 0.316 e. The van der Waals surface area contributed by atoms with Crippen LogP contribution in [0, 0.1) is 5.82 Å². The zero-order chi connectivity index (χ0) is 15.9. The molecule has 0 aliphatic heterocycles. The van der Waals surface area contributed by atoms with Gasteiger partial charge >= 0.3 is 5.97 Å². The van der Waals surface area contributed by atoms with Gasteiger partial charge in [0.05, 0.1) is 6.10 Å². The molecule has 0 spiro atoms. The molecule has 2 atom stereocenters. The van der Waals surface area contributed by atoms with Crippen molar-refractivity contribution in [2.24, 2.45) is 0 Å². The van der Waals surface area contributed by atoms with Crippen molar-refractivity contribution in [2.45, 2.75) is 32.0 Å². The van der Waals surface area contributed by atoms with Gasteiger partial charge < -0.3 is 9.84 Å². The molecule has 0 saturated heterocycles. The lowest BCUT2D eigenvalue weighted by molar-refractivity contribution is -0.149. The van der Waals surface area contributed by atoms with Crippen LogP contribution in [-0.2, 0) is 16.1 Å². The molecular formula is C18H19FO3. The van der Waals surface area contributed by atoms with Gasteiger partial charge in [-0.25, -0.2) is 4.39 Å². The standard InChI is InChI=1S/C18H19FO3/c1-2-16(20)17(14-8-10-15(19)11-9-14)18(21)22-12-13-6-4-3-5-7-13/h3-11,16-17,20H,2,12H2,1H3/t16-,17?/m0/s1. The summed E-state index contributed by atoms with van der Waals surface area (Å²) in [5, 5.41) is 10.1. The monoisotopic (exact) mass is 302 g/mol. The van der Waals surface area contributed by atoms with Crippen LogP contribution < -0.4 is 0 Å². The number of carbonyl (C=O) groups excluding carboxylic acids is 1. The molecule has 0 heterocycles. The Morgan fingerprint density at radius 1 is 1.14 bits per heavy atom. The summed E-state index contributed by atoms with van der Waals surface area (Å²) in [5.41, 5.74) is 1.42. The van der Waals surface area contributed by atoms with Crippen molar-refractivity contribution >= 4 is 5.97 Å². The minimum Gasteiger partial charge on any atom is -0.460 e. The second-order valence-corrected chi connectivity index (χ2v) is 5.10. The predicted molar refractivity (Wildman–Crippen MR) is 81.7 cm³/mol. The van der Waals surface area contributed by atoms with Crippen LogP contribution in [0.15, 0.2) is 54.6 Å². The van der Waals surface area contributed by atoms with Gasteiger partial charge in [0.15, 0.2) is 0 Å². The van der Waals surface area contributed by atoms with Crippen LogP contribution >= 0.6 is 0 Å². The largest absolute Gasteiger partial charge is 0.460 e. The molecule has 3 nitrogen and oxygen atoms in total. The van der Waals surface area contributed by atoms with E-state index in [0.29, 0.717) is 12.0 Å². The number of halogens is 1. The summed E-state index contributed by atoms with van der Waals surface area (Å²) in [7, 11) is 0. The first-order valence-corrected chi connectivity index (χ1v) is 7.26. The van der Waals surface area contributed by atoms with Crippen molar-refractivity contribution in [1.29, 1.82) is 0 Å². The maximum atomic E-state index is 13.0. The van der Waals surface area contributed by atoms with Gasteiger partial charge in [0.2, 0.25) is 0 Å². The lowest BCUT2D eigenvalue weighted by atomic mass is 9.92. The molecule has 0 aliphatic rings. The number of carbonyl (C=O) groups is 1. The predicted octanol–water partition coefficient (Wildman–Crippen LogP) is 3.42. The zero-order valence-electron chi connectivity index (χ0n) is 12.4. The maximum Gasteiger partial charge on any atom is 0.316 e. The van der Waals surface area contributed by atoms with Crippen molar-refractivity contribution in [3.8, 4) is 0 Å². The van der Waals surface area contributed by atoms with Crippen LogP contribution in [0.4, 0.5) is 4.39 Å². The minimum absolute atomic E-state index is 0.147. The van der Waals surface area contributed by atoms with Crippen LogP contribution in [0.25, 0.3) is 0 Å². The Labute approximate surface area is 129 Å². The third kappa shape index (κ3) is 4.15. The molecule has 1 unspecified atom stereocenters. The second kappa shape index (κ2) is 7.71. The average Bonchev–Trinajstić information content (AvgIpc) is 2.55. The maximum absolute atomic E-state index is 13.0. The lowest BCUT2D eigenvalue weighted by Gasteiger charge is -2.21. The highest BCUT2D eigenvalue weighted by Crippen LogP contribution is 2.24. The van der Waals surface area contributed by atoms with Crippen LogP contribution in [0.5, 0.6) is 0 Å². The van der Waals surface area contributed by atoms with E-state index in [2.05, 4.69) is 0 Å². The van der Waals surface area contributed by atoms with E-state index in [0.717, 1.165) is 5.56 Å². The molecule has 2 rings (SSSR count). The number of hydrogen-bond acceptors (Lipinski definition) is 3. The summed E-state index contributed by atoms with van der Waals surface area (Å²) in [6.07, 6.45) is -0.462. The van der Waals surface area contributed by atoms with Crippen molar-refractivity contribution in [2.75, 3.05) is 0 Å². The molecule has 0 aromatic heterocycles. The lowest BCUT2D eigenvalue weighted by Crippen LogP contribution is -2.27. The molecule has 1 N–H and O–H groups in total. The third-order valence-electron chi connectivity index (χ3n) is 3.51. The fraction of sp³-hybridized carbons (Fsp3) is 0.278. The fourth-order valence-corrected chi connectivity index (χ4v) is 2.24. The topological polar surface area (TPSA) is 46.5 Å². The van der Waals surface area contributed by atoms with Gasteiger partial charge in [0.25, 0.3) is 0 Å². The molecule has 4 heteroatoms. The van der Waals surface area contributed by atoms with Gasteiger partial charge in [-0.3, -0.25) is 4.79 Å². The van der Waals surface area contributed by atoms with Gasteiger partial charge in [-0.15, -0.1) is 0 Å². The van der Waals surface area contributed by atoms with E-state index >= 15 is 0 Å². The van der Waals surface area contributed by atoms with E-state index in [-0.39, 0.29) is 12.4 Å². The Balaban J connectivity index is 2.11. The third-order valence-corrected chi connectivity index (χ3v) is 3.51. The first kappa shape index (κ1) is 16.2. The molecular weight excluding hydrogens is 283 g/mol. The Kier molecular flexibility index (Phi) is 5.67. The van der Waals surface area contributed by atoms with Crippen molar-refractivity contribution in [3.05, 3.63) is 71.5 Å². The number of aliphatic hydroxyl groups is 1. The van der Waals surface area contributed by atoms with E-state index in [4.69, 9.17) is 4.74 Å². The number of esters is 1. The quantitative estimate of drug-likeness (QED) is 0.832. The van der Waals surface area contributed by atoms with Gasteiger partial charge in [0.1, 0.15) is 18.3 Å². The van der Waals surface area contributed by atoms with Gasteiger partial charge in [-0.2, -0.15) is 0 Å². The first-order valence-electron chi connectivity index (χ1n) is 7.26. The number of aliphatic hydroxyl groups excluding tert-OH is 1. The second-order valence-electron chi connectivity index (χ2n) is 5.10. The first-order chi connectivity index (χ1) is 10.6. The average molecular weight is 302 g/mol. The Morgan fingerprint density at radius 3 is 2.36 bits per heavy atom. The molecule has 2 aromatic carbocycles. The molecule has 0 bridgehead atoms. The van der Waals surface area contributed by atoms with Crippen LogP contribution in [0.2, 0.25) is 0 Å². The number of rotatable bonds is 6. The Morgan fingerprint density at radius 2 is 1.77 bits per heavy atom. The molecule has 0 radical (unpaired) electrons. The van der Waals surface area contributed by atoms with Crippen LogP contribution in [0.1, 0.15) is 30.4 Å². The molecule has 22 heavy (non-hydrogen) atoms. The molecule has 2 aromatic rings. The summed E-state index contributed by atoms with van der Waals surface area (Å²) >= 11 is 0. The van der Waals surface area contributed by atoms with E-state index in [1.165, 1.54) is 24.3 Å². The summed E-state index contributed by atoms with van der Waals surface area (Å²) in [5.74, 6) is -1.70. The highest BCUT2D eigenvalue weighted by atomic mass is 19.1. The number of benzene rings is 2. The summed E-state index contributed by atoms with van der Waals surface area (Å²) in [6, 6.07) is 14.9. The molecule has 116 valence electrons. The Hall–Kier alpha value is -2.20. The summed E-state index contributed by atoms with van der Waals surface area (Å²) < 4.78 is 18.3. The molecule has 0 saturated carbocycles. The van der Waals surface area contributed by atoms with E-state index in [9.17, 15) is 14.3 Å². The summed E-state index contributed by atoms with van der Waals surface area (Å²) in [4.78, 5) is 12.3. The normalized spacial score (nSPS) is 13.4. The Bertz CT molecular complexity index is 595. The van der Waals surface area contributed by atoms with Crippen molar-refractivity contribution in [3.63, 3.8) is 0 Å². The van der Waals surface area contributed by atoms with Gasteiger partial charge in [-0.1, -0.05) is 49.4 Å². The molecule has 0 aliphatic carbocycles. The van der Waals surface area contributed by atoms with Crippen molar-refractivity contribution in [1.82, 2.24) is 0 Å². The highest BCUT2D eigenvalue weighted by Gasteiger charge is 2.29. The number of ether oxygens (including phenoxy) is 1. The number of hydrogen-bond donors (Lipinski definition) is 1. The van der Waals surface area contributed by atoms with Crippen LogP contribution in [0.3, 0.4) is 0 Å². The molecule has 0 fully saturated rings. The van der Waals surface area contributed by atoms with E-state index in [1.807, 2.05) is 30.3 Å². The SMILES string of the molecule is CC[C@H](O)C(C(=O)OCc1ccccc1)c1ccc(F)cc1. The minimum atomic E-state index is -0.867. The van der Waals surface area contributed by atoms with E-state index < -0.39 is 18.0 Å². The fourth-order valence-electron chi connectivity index (χ4n) is 2.24. The zero-order valence-corrected chi connectivity index (χ0v) is 12.4. The highest BCUT2D eigenvalue weighted by molar-refractivity contribution is 5.79. The molecule has 0 amide bonds. The van der Waals surface area contributed by atoms with E-state index in [1.54, 1.807) is 6.92 Å². The van der Waals surface area contributed by atoms with Crippen molar-refractivity contribution < 1.29 is 19.0 Å². The van der Waals surface area contributed by atoms with Gasteiger partial charge in [0, 0.05) is 0 Å². The summed E-state index contributed by atoms with van der Waals surface area (Å²) in [6.45, 7) is 1.93. The van der Waals surface area contributed by atoms with Gasteiger partial charge in [-0.05, 0) is 29.7 Å².